The summed E-state index contributed by atoms with van der Waals surface area (Å²) in [6, 6.07) is 8.43. The molecule has 0 heterocycles. The largest absolute Gasteiger partial charge is 0.488 e. The summed E-state index contributed by atoms with van der Waals surface area (Å²) in [5, 5.41) is 0. The van der Waals surface area contributed by atoms with Crippen molar-refractivity contribution in [3.8, 4) is 17.2 Å². The lowest BCUT2D eigenvalue weighted by Gasteiger charge is -2.15. The molecule has 2 rings (SSSR count). The molecule has 0 amide bonds. The minimum absolute atomic E-state index is 0.103. The summed E-state index contributed by atoms with van der Waals surface area (Å²) in [4.78, 5) is 0. The van der Waals surface area contributed by atoms with Crippen LogP contribution < -0.4 is 13.1 Å². The van der Waals surface area contributed by atoms with Gasteiger partial charge in [-0.25, -0.2) is 0 Å². The quantitative estimate of drug-likeness (QED) is 0.562. The second kappa shape index (κ2) is 8.07. The number of hydrogen-bond acceptors (Lipinski definition) is 7. The van der Waals surface area contributed by atoms with Crippen LogP contribution in [0.5, 0.6) is 17.2 Å². The molecule has 10 heteroatoms. The van der Waals surface area contributed by atoms with Crippen molar-refractivity contribution in [2.75, 3.05) is 12.5 Å². The Bertz CT molecular complexity index is 1040. The molecule has 0 N–H and O–H groups in total. The van der Waals surface area contributed by atoms with Gasteiger partial charge in [0.15, 0.2) is 11.5 Å². The molecule has 0 bridgehead atoms. The summed E-state index contributed by atoms with van der Waals surface area (Å²) in [6.07, 6.45) is 1.70. The highest BCUT2D eigenvalue weighted by molar-refractivity contribution is 9.10. The Labute approximate surface area is 167 Å². The summed E-state index contributed by atoms with van der Waals surface area (Å²) in [5.74, 6) is 0.225. The minimum atomic E-state index is -3.90. The van der Waals surface area contributed by atoms with E-state index in [4.69, 9.17) is 13.1 Å². The zero-order valence-corrected chi connectivity index (χ0v) is 18.4. The van der Waals surface area contributed by atoms with Crippen LogP contribution in [0, 0.1) is 13.8 Å². The standard InChI is InChI=1S/C17H19BrO7S2/c1-11-6-5-7-12(2)17(11)23-10-13-8-15(24-26(3,19)20)16(9-14(13)18)25-27(4,21)22/h5-9H,10H2,1-4H3. The zero-order chi connectivity index (χ0) is 20.4. The first-order chi connectivity index (χ1) is 12.4. The van der Waals surface area contributed by atoms with Gasteiger partial charge in [0, 0.05) is 16.1 Å². The lowest BCUT2D eigenvalue weighted by Crippen LogP contribution is -2.11. The number of rotatable bonds is 7. The molecule has 0 atom stereocenters. The third kappa shape index (κ3) is 6.40. The van der Waals surface area contributed by atoms with E-state index in [1.54, 1.807) is 0 Å². The van der Waals surface area contributed by atoms with E-state index < -0.39 is 20.2 Å². The summed E-state index contributed by atoms with van der Waals surface area (Å²) in [6.45, 7) is 3.93. The summed E-state index contributed by atoms with van der Waals surface area (Å²) in [5.41, 5.74) is 2.46. The van der Waals surface area contributed by atoms with Crippen LogP contribution in [0.2, 0.25) is 0 Å². The molecule has 0 unspecified atom stereocenters. The lowest BCUT2D eigenvalue weighted by molar-refractivity contribution is 0.300. The Kier molecular flexibility index (Phi) is 6.43. The molecule has 7 nitrogen and oxygen atoms in total. The van der Waals surface area contributed by atoms with Crippen LogP contribution in [0.25, 0.3) is 0 Å². The average Bonchev–Trinajstić information content (AvgIpc) is 2.47. The molecule has 0 aliphatic carbocycles. The van der Waals surface area contributed by atoms with Crippen molar-refractivity contribution in [1.82, 2.24) is 0 Å². The smallest absolute Gasteiger partial charge is 0.306 e. The predicted molar refractivity (Wildman–Crippen MR) is 105 cm³/mol. The Morgan fingerprint density at radius 1 is 0.889 bits per heavy atom. The first-order valence-corrected chi connectivity index (χ1v) is 12.1. The van der Waals surface area contributed by atoms with Crippen LogP contribution in [0.15, 0.2) is 34.8 Å². The summed E-state index contributed by atoms with van der Waals surface area (Å²) >= 11 is 3.32. The van der Waals surface area contributed by atoms with E-state index in [1.165, 1.54) is 12.1 Å². The van der Waals surface area contributed by atoms with Gasteiger partial charge >= 0.3 is 20.2 Å². The van der Waals surface area contributed by atoms with Crippen LogP contribution in [0.4, 0.5) is 0 Å². The number of para-hydroxylation sites is 1. The first kappa shape index (κ1) is 21.5. The number of benzene rings is 2. The van der Waals surface area contributed by atoms with E-state index in [0.29, 0.717) is 15.8 Å². The first-order valence-electron chi connectivity index (χ1n) is 7.66. The van der Waals surface area contributed by atoms with E-state index in [2.05, 4.69) is 15.9 Å². The molecule has 0 spiro atoms. The van der Waals surface area contributed by atoms with Crippen LogP contribution >= 0.6 is 15.9 Å². The topological polar surface area (TPSA) is 96.0 Å². The number of halogens is 1. The molecule has 0 aliphatic heterocycles. The molecule has 0 radical (unpaired) electrons. The van der Waals surface area contributed by atoms with Gasteiger partial charge in [0.05, 0.1) is 12.5 Å². The lowest BCUT2D eigenvalue weighted by atomic mass is 10.1. The summed E-state index contributed by atoms with van der Waals surface area (Å²) in [7, 11) is -7.77. The van der Waals surface area contributed by atoms with E-state index in [9.17, 15) is 16.8 Å². The van der Waals surface area contributed by atoms with E-state index in [1.807, 2.05) is 32.0 Å². The van der Waals surface area contributed by atoms with Crippen molar-refractivity contribution in [1.29, 1.82) is 0 Å². The summed E-state index contributed by atoms with van der Waals surface area (Å²) < 4.78 is 61.9. The van der Waals surface area contributed by atoms with E-state index in [-0.39, 0.29) is 18.1 Å². The molecule has 0 aliphatic rings. The van der Waals surface area contributed by atoms with Gasteiger partial charge in [0.2, 0.25) is 0 Å². The molecule has 0 saturated carbocycles. The monoisotopic (exact) mass is 478 g/mol. The number of hydrogen-bond donors (Lipinski definition) is 0. The van der Waals surface area contributed by atoms with E-state index >= 15 is 0 Å². The molecule has 27 heavy (non-hydrogen) atoms. The minimum Gasteiger partial charge on any atom is -0.488 e. The average molecular weight is 479 g/mol. The van der Waals surface area contributed by atoms with Crippen molar-refractivity contribution in [3.05, 3.63) is 51.5 Å². The van der Waals surface area contributed by atoms with Crippen molar-refractivity contribution >= 4 is 36.2 Å². The fraction of sp³-hybridized carbons (Fsp3) is 0.294. The van der Waals surface area contributed by atoms with Gasteiger partial charge in [-0.2, -0.15) is 16.8 Å². The van der Waals surface area contributed by atoms with Crippen molar-refractivity contribution in [2.24, 2.45) is 0 Å². The van der Waals surface area contributed by atoms with Crippen LogP contribution in [0.3, 0.4) is 0 Å². The molecule has 0 fully saturated rings. The second-order valence-corrected chi connectivity index (χ2v) is 9.98. The van der Waals surface area contributed by atoms with Gasteiger partial charge in [-0.15, -0.1) is 0 Å². The Hall–Kier alpha value is -1.78. The number of ether oxygens (including phenoxy) is 1. The Morgan fingerprint density at radius 2 is 1.37 bits per heavy atom. The van der Waals surface area contributed by atoms with Gasteiger partial charge < -0.3 is 13.1 Å². The van der Waals surface area contributed by atoms with Gasteiger partial charge in [0.1, 0.15) is 12.4 Å². The highest BCUT2D eigenvalue weighted by Gasteiger charge is 2.19. The van der Waals surface area contributed by atoms with Crippen molar-refractivity contribution < 1.29 is 29.9 Å². The van der Waals surface area contributed by atoms with Crippen molar-refractivity contribution in [2.45, 2.75) is 20.5 Å². The second-order valence-electron chi connectivity index (χ2n) is 5.97. The molecule has 2 aromatic carbocycles. The van der Waals surface area contributed by atoms with E-state index in [0.717, 1.165) is 23.6 Å². The maximum Gasteiger partial charge on any atom is 0.306 e. The maximum atomic E-state index is 11.5. The fourth-order valence-corrected chi connectivity index (χ4v) is 3.67. The highest BCUT2D eigenvalue weighted by Crippen LogP contribution is 2.36. The molecule has 0 aromatic heterocycles. The Morgan fingerprint density at radius 3 is 1.85 bits per heavy atom. The van der Waals surface area contributed by atoms with Crippen LogP contribution in [-0.2, 0) is 26.8 Å². The molecular formula is C17H19BrO7S2. The fourth-order valence-electron chi connectivity index (χ4n) is 2.32. The highest BCUT2D eigenvalue weighted by atomic mass is 79.9. The molecule has 2 aromatic rings. The van der Waals surface area contributed by atoms with Crippen LogP contribution in [0.1, 0.15) is 16.7 Å². The maximum absolute atomic E-state index is 11.5. The molecule has 148 valence electrons. The number of aryl methyl sites for hydroxylation is 2. The third-order valence-corrected chi connectivity index (χ3v) is 5.08. The van der Waals surface area contributed by atoms with Gasteiger partial charge in [-0.3, -0.25) is 0 Å². The molecule has 0 saturated heterocycles. The Balaban J connectivity index is 2.40. The van der Waals surface area contributed by atoms with Gasteiger partial charge in [-0.05, 0) is 31.0 Å². The zero-order valence-electron chi connectivity index (χ0n) is 15.1. The normalized spacial score (nSPS) is 11.9. The predicted octanol–water partition coefficient (Wildman–Crippen LogP) is 3.32. The third-order valence-electron chi connectivity index (χ3n) is 3.38. The van der Waals surface area contributed by atoms with Crippen molar-refractivity contribution in [3.63, 3.8) is 0 Å². The van der Waals surface area contributed by atoms with Crippen LogP contribution in [-0.4, -0.2) is 29.3 Å². The van der Waals surface area contributed by atoms with Gasteiger partial charge in [-0.1, -0.05) is 34.1 Å². The molecular weight excluding hydrogens is 460 g/mol. The SMILES string of the molecule is Cc1cccc(C)c1OCc1cc(OS(C)(=O)=O)c(OS(C)(=O)=O)cc1Br. The van der Waals surface area contributed by atoms with Gasteiger partial charge in [0.25, 0.3) is 0 Å².